The number of H-pyrrole nitrogens is 1. The smallest absolute Gasteiger partial charge is 0.543 e. The number of amides is 3. The zero-order valence-corrected chi connectivity index (χ0v) is 26.6. The number of aromatic amines is 1. The third-order valence-corrected chi connectivity index (χ3v) is 8.63. The number of hydrogen-bond acceptors (Lipinski definition) is 13. The molecule has 0 bridgehead atoms. The standard InChI is InChI=1S/C19H19N7O7S3.2Na/c27-11(6-8-2-1-5-34-8)21-12-15(29)26-13(17(30)31)9(7-35-16(12)26)10(36-19-22-24-25-23-19)3-4-20-14(28)18(32)33;;/h1-2,5,10,12,16H,3-4,6-7H2,(H,20,28)(H,21,27)(H,30,31)(H,32,33)(H,22,23,24,25);;/q;2*+1/p-2/t10?,12?,16-;;/m0../s1. The molecule has 3 N–H and O–H groups in total. The van der Waals surface area contributed by atoms with Gasteiger partial charge in [0, 0.05) is 22.4 Å². The third kappa shape index (κ3) is 7.60. The maximum atomic E-state index is 12.9. The Balaban J connectivity index is 0.00000253. The van der Waals surface area contributed by atoms with Crippen LogP contribution in [0.4, 0.5) is 0 Å². The molecule has 2 aliphatic heterocycles. The van der Waals surface area contributed by atoms with Gasteiger partial charge in [0.25, 0.3) is 11.8 Å². The molecule has 0 aromatic carbocycles. The number of carbonyl (C=O) groups excluding carboxylic acids is 5. The average molecular weight is 598 g/mol. The van der Waals surface area contributed by atoms with Crippen LogP contribution in [0, 0.1) is 0 Å². The summed E-state index contributed by atoms with van der Waals surface area (Å²) in [6.45, 7) is -0.129. The normalized spacial score (nSPS) is 18.7. The van der Waals surface area contributed by atoms with Gasteiger partial charge in [-0.1, -0.05) is 17.8 Å². The quantitative estimate of drug-likeness (QED) is 0.101. The van der Waals surface area contributed by atoms with Crippen molar-refractivity contribution in [2.45, 2.75) is 34.7 Å². The summed E-state index contributed by atoms with van der Waals surface area (Å²) < 4.78 is 0. The molecule has 2 aromatic rings. The summed E-state index contributed by atoms with van der Waals surface area (Å²) in [7, 11) is 0. The van der Waals surface area contributed by atoms with Crippen molar-refractivity contribution in [3.8, 4) is 0 Å². The predicted molar refractivity (Wildman–Crippen MR) is 122 cm³/mol. The maximum absolute atomic E-state index is 12.9. The second kappa shape index (κ2) is 14.8. The van der Waals surface area contributed by atoms with Crippen LogP contribution in [0.5, 0.6) is 0 Å². The summed E-state index contributed by atoms with van der Waals surface area (Å²) in [6, 6.07) is 2.73. The van der Waals surface area contributed by atoms with E-state index in [0.29, 0.717) is 5.57 Å². The topological polar surface area (TPSA) is 213 Å². The minimum atomic E-state index is -1.90. The molecule has 4 heterocycles. The van der Waals surface area contributed by atoms with E-state index in [1.807, 2.05) is 11.4 Å². The van der Waals surface area contributed by atoms with Crippen LogP contribution in [0.1, 0.15) is 11.3 Å². The first-order valence-corrected chi connectivity index (χ1v) is 13.2. The Hall–Kier alpha value is -1.44. The Morgan fingerprint density at radius 1 is 1.26 bits per heavy atom. The Morgan fingerprint density at radius 2 is 2.03 bits per heavy atom. The van der Waals surface area contributed by atoms with Crippen LogP contribution >= 0.6 is 34.9 Å². The monoisotopic (exact) mass is 597 g/mol. The van der Waals surface area contributed by atoms with E-state index in [1.54, 1.807) is 6.07 Å². The van der Waals surface area contributed by atoms with Gasteiger partial charge in [-0.25, -0.2) is 0 Å². The van der Waals surface area contributed by atoms with E-state index in [-0.39, 0.29) is 101 Å². The molecule has 4 rings (SSSR count). The number of β-lactam (4-membered cyclic amide) rings is 1. The molecule has 0 aliphatic carbocycles. The van der Waals surface area contributed by atoms with Crippen LogP contribution in [-0.2, 0) is 30.4 Å². The summed E-state index contributed by atoms with van der Waals surface area (Å²) in [6.07, 6.45) is 0.187. The second-order valence-corrected chi connectivity index (χ2v) is 10.8. The van der Waals surface area contributed by atoms with E-state index in [9.17, 15) is 34.2 Å². The van der Waals surface area contributed by atoms with Gasteiger partial charge < -0.3 is 30.4 Å². The molecular formula is C19H17N7Na2O7S3. The van der Waals surface area contributed by atoms with Crippen molar-refractivity contribution in [3.05, 3.63) is 33.7 Å². The van der Waals surface area contributed by atoms with Crippen LogP contribution in [0.25, 0.3) is 0 Å². The average Bonchev–Trinajstić information content (AvgIpc) is 3.55. The predicted octanol–water partition coefficient (Wildman–Crippen LogP) is -9.37. The van der Waals surface area contributed by atoms with Gasteiger partial charge in [-0.15, -0.1) is 33.3 Å². The molecule has 2 aromatic heterocycles. The van der Waals surface area contributed by atoms with Gasteiger partial charge in [0.1, 0.15) is 17.4 Å². The van der Waals surface area contributed by atoms with Gasteiger partial charge in [0.05, 0.1) is 18.1 Å². The van der Waals surface area contributed by atoms with Gasteiger partial charge in [0.15, 0.2) is 0 Å². The SMILES string of the molecule is O=C(Cc1cccs1)NC1C(=O)N2C(C(=O)[O-])=C(C(CCNC(=O)C(=O)[O-])Sc3nn[nH]n3)CS[C@@H]12.[Na+].[Na+]. The van der Waals surface area contributed by atoms with Crippen molar-refractivity contribution in [2.24, 2.45) is 0 Å². The van der Waals surface area contributed by atoms with Crippen LogP contribution in [0.2, 0.25) is 0 Å². The molecule has 190 valence electrons. The number of nitrogens with zero attached hydrogens (tertiary/aromatic N) is 4. The summed E-state index contributed by atoms with van der Waals surface area (Å²) >= 11 is 3.70. The number of hydrogen-bond donors (Lipinski definition) is 3. The van der Waals surface area contributed by atoms with Gasteiger partial charge in [-0.2, -0.15) is 5.21 Å². The molecule has 0 spiro atoms. The van der Waals surface area contributed by atoms with Gasteiger partial charge >= 0.3 is 59.1 Å². The molecule has 0 saturated carbocycles. The number of nitrogens with one attached hydrogen (secondary N) is 3. The van der Waals surface area contributed by atoms with Gasteiger partial charge in [-0.05, 0) is 28.7 Å². The van der Waals surface area contributed by atoms with E-state index >= 15 is 0 Å². The Bertz CT molecular complexity index is 1210. The largest absolute Gasteiger partial charge is 1.00 e. The number of tetrazole rings is 1. The van der Waals surface area contributed by atoms with Crippen molar-refractivity contribution in [2.75, 3.05) is 12.3 Å². The van der Waals surface area contributed by atoms with E-state index in [4.69, 9.17) is 0 Å². The molecule has 14 nitrogen and oxygen atoms in total. The minimum absolute atomic E-state index is 0. The van der Waals surface area contributed by atoms with Crippen molar-refractivity contribution < 1.29 is 93.3 Å². The number of rotatable bonds is 10. The van der Waals surface area contributed by atoms with Crippen molar-refractivity contribution >= 4 is 64.5 Å². The molecular weight excluding hydrogens is 580 g/mol. The van der Waals surface area contributed by atoms with E-state index < -0.39 is 40.4 Å². The number of carbonyl (C=O) groups is 5. The van der Waals surface area contributed by atoms with Crippen LogP contribution in [0.15, 0.2) is 33.9 Å². The Kier molecular flexibility index (Phi) is 12.8. The van der Waals surface area contributed by atoms with Crippen LogP contribution in [-0.4, -0.2) is 84.1 Å². The first-order chi connectivity index (χ1) is 17.3. The van der Waals surface area contributed by atoms with Crippen molar-refractivity contribution in [1.29, 1.82) is 0 Å². The molecule has 38 heavy (non-hydrogen) atoms. The summed E-state index contributed by atoms with van der Waals surface area (Å²) in [4.78, 5) is 61.4. The molecule has 3 amide bonds. The summed E-state index contributed by atoms with van der Waals surface area (Å²) in [5, 5.41) is 41.8. The molecule has 19 heteroatoms. The van der Waals surface area contributed by atoms with Crippen LogP contribution in [0.3, 0.4) is 0 Å². The first-order valence-electron chi connectivity index (χ1n) is 10.4. The number of thioether (sulfide) groups is 2. The van der Waals surface area contributed by atoms with Crippen LogP contribution < -0.4 is 80.0 Å². The first kappa shape index (κ1) is 32.8. The number of fused-ring (bicyclic) bond motifs is 1. The molecule has 3 atom stereocenters. The number of carboxylic acid groups (broad SMARTS) is 2. The van der Waals surface area contributed by atoms with E-state index in [2.05, 4.69) is 31.3 Å². The fourth-order valence-corrected chi connectivity index (χ4v) is 6.94. The maximum Gasteiger partial charge on any atom is 1.00 e. The van der Waals surface area contributed by atoms with Crippen molar-refractivity contribution in [1.82, 2.24) is 36.2 Å². The number of aromatic nitrogens is 4. The molecule has 2 aliphatic rings. The zero-order chi connectivity index (χ0) is 25.8. The van der Waals surface area contributed by atoms with Gasteiger partial charge in [0.2, 0.25) is 11.1 Å². The Labute approximate surface area is 272 Å². The third-order valence-electron chi connectivity index (χ3n) is 5.26. The number of thiophene rings is 1. The zero-order valence-electron chi connectivity index (χ0n) is 20.2. The second-order valence-electron chi connectivity index (χ2n) is 7.51. The molecule has 0 radical (unpaired) electrons. The summed E-state index contributed by atoms with van der Waals surface area (Å²) in [5.74, 6) is -5.57. The summed E-state index contributed by atoms with van der Waals surface area (Å²) in [5.41, 5.74) is -0.0230. The number of aliphatic carboxylic acids is 2. The number of carboxylic acids is 2. The van der Waals surface area contributed by atoms with E-state index in [1.165, 1.54) is 23.1 Å². The molecule has 1 fully saturated rings. The van der Waals surface area contributed by atoms with Crippen molar-refractivity contribution in [3.63, 3.8) is 0 Å². The fourth-order valence-electron chi connectivity index (χ4n) is 3.70. The minimum Gasteiger partial charge on any atom is -0.543 e. The fraction of sp³-hybridized carbons (Fsp3) is 0.368. The van der Waals surface area contributed by atoms with E-state index in [0.717, 1.165) is 21.5 Å². The molecule has 2 unspecified atom stereocenters. The Morgan fingerprint density at radius 3 is 2.63 bits per heavy atom. The van der Waals surface area contributed by atoms with Gasteiger partial charge in [-0.3, -0.25) is 19.3 Å². The molecule has 1 saturated heterocycles.